The van der Waals surface area contributed by atoms with Gasteiger partial charge in [-0.2, -0.15) is 0 Å². The molecule has 73 heavy (non-hydrogen) atoms. The summed E-state index contributed by atoms with van der Waals surface area (Å²) in [6.07, 6.45) is 0.649. The molecule has 2 aliphatic heterocycles. The third-order valence-electron chi connectivity index (χ3n) is 11.2. The molecule has 21 nitrogen and oxygen atoms in total. The van der Waals surface area contributed by atoms with Crippen LogP contribution in [0, 0.1) is 0 Å². The van der Waals surface area contributed by atoms with E-state index in [1.165, 1.54) is 58.0 Å². The van der Waals surface area contributed by atoms with Crippen molar-refractivity contribution in [3.8, 4) is 28.7 Å². The van der Waals surface area contributed by atoms with Crippen LogP contribution in [0.2, 0.25) is 0 Å². The van der Waals surface area contributed by atoms with Crippen molar-refractivity contribution in [2.75, 3.05) is 19.7 Å². The molecule has 0 bridgehead atoms. The Hall–Kier alpha value is -8.27. The zero-order valence-electron chi connectivity index (χ0n) is 40.6. The molecule has 0 saturated carbocycles. The Morgan fingerprint density at radius 1 is 0.726 bits per heavy atom. The molecule has 5 amide bonds. The molecule has 2 fully saturated rings. The first kappa shape index (κ1) is 54.1. The Morgan fingerprint density at radius 2 is 1.30 bits per heavy atom. The lowest BCUT2D eigenvalue weighted by molar-refractivity contribution is -0.161. The number of benzene rings is 4. The molecule has 2 aliphatic rings. The third kappa shape index (κ3) is 13.6. The number of hydrogen-bond donors (Lipinski definition) is 4. The van der Waals surface area contributed by atoms with Crippen LogP contribution in [-0.2, 0) is 44.9 Å². The van der Waals surface area contributed by atoms with E-state index in [9.17, 15) is 53.1 Å². The summed E-state index contributed by atoms with van der Waals surface area (Å²) in [5.74, 6) is -7.74. The molecule has 2 saturated heterocycles. The van der Waals surface area contributed by atoms with Gasteiger partial charge in [0.15, 0.2) is 29.6 Å². The number of carbonyl (C=O) groups excluding carboxylic acids is 9. The molecule has 4 atom stereocenters. The van der Waals surface area contributed by atoms with Gasteiger partial charge >= 0.3 is 29.8 Å². The summed E-state index contributed by atoms with van der Waals surface area (Å²) in [6, 6.07) is 19.9. The van der Waals surface area contributed by atoms with Crippen molar-refractivity contribution in [1.82, 2.24) is 25.8 Å². The maximum absolute atomic E-state index is 14.4. The zero-order chi connectivity index (χ0) is 53.1. The Balaban J connectivity index is 1.12. The maximum Gasteiger partial charge on any atom is 0.327 e. The quantitative estimate of drug-likeness (QED) is 0.0396. The molecule has 4 unspecified atom stereocenters. The number of para-hydroxylation sites is 2. The number of carbonyl (C=O) groups is 10. The van der Waals surface area contributed by atoms with Gasteiger partial charge in [-0.05, 0) is 74.2 Å². The second-order valence-electron chi connectivity index (χ2n) is 17.3. The minimum atomic E-state index is -1.24. The van der Waals surface area contributed by atoms with Gasteiger partial charge in [0.2, 0.25) is 11.8 Å². The molecule has 6 rings (SSSR count). The van der Waals surface area contributed by atoms with E-state index in [-0.39, 0.29) is 59.5 Å². The summed E-state index contributed by atoms with van der Waals surface area (Å²) in [5, 5.41) is 17.3. The van der Waals surface area contributed by atoms with Crippen molar-refractivity contribution in [3.05, 3.63) is 113 Å². The molecule has 0 aliphatic carbocycles. The number of rotatable bonds is 21. The monoisotopic (exact) mass is 1020 g/mol. The first-order valence-electron chi connectivity index (χ1n) is 22.8. The fraction of sp³-hybridized carbons (Fsp3) is 0.333. The van der Waals surface area contributed by atoms with Crippen LogP contribution in [0.15, 0.2) is 91.0 Å². The Kier molecular flexibility index (Phi) is 17.6. The molecule has 0 aromatic heterocycles. The predicted molar refractivity (Wildman–Crippen MR) is 259 cm³/mol. The van der Waals surface area contributed by atoms with Crippen LogP contribution in [-0.4, -0.2) is 116 Å². The first-order valence-corrected chi connectivity index (χ1v) is 23.7. The lowest BCUT2D eigenvalue weighted by Crippen LogP contribution is -2.71. The van der Waals surface area contributed by atoms with Crippen molar-refractivity contribution >= 4 is 71.1 Å². The maximum atomic E-state index is 14.4. The summed E-state index contributed by atoms with van der Waals surface area (Å²) >= 11 is 1.27. The van der Waals surface area contributed by atoms with E-state index in [0.29, 0.717) is 24.0 Å². The first-order chi connectivity index (χ1) is 34.6. The Bertz CT molecular complexity index is 2800. The van der Waals surface area contributed by atoms with Crippen molar-refractivity contribution in [1.29, 1.82) is 0 Å². The van der Waals surface area contributed by atoms with Gasteiger partial charge in [0.1, 0.15) is 29.2 Å². The van der Waals surface area contributed by atoms with E-state index < -0.39 is 94.2 Å². The third-order valence-corrected chi connectivity index (χ3v) is 12.8. The minimum absolute atomic E-state index is 0.0130. The van der Waals surface area contributed by atoms with E-state index in [0.717, 1.165) is 27.7 Å². The second-order valence-corrected chi connectivity index (χ2v) is 19.0. The molecule has 22 heteroatoms. The molecule has 2 heterocycles. The van der Waals surface area contributed by atoms with Crippen LogP contribution in [0.4, 0.5) is 0 Å². The van der Waals surface area contributed by atoms with Crippen molar-refractivity contribution in [2.45, 2.75) is 89.2 Å². The van der Waals surface area contributed by atoms with Crippen LogP contribution in [0.1, 0.15) is 92.3 Å². The van der Waals surface area contributed by atoms with Crippen LogP contribution < -0.4 is 39.6 Å². The van der Waals surface area contributed by atoms with Gasteiger partial charge in [0, 0.05) is 52.1 Å². The summed E-state index contributed by atoms with van der Waals surface area (Å²) in [4.78, 5) is 130. The normalized spacial score (nSPS) is 16.5. The van der Waals surface area contributed by atoms with Gasteiger partial charge in [-0.25, -0.2) is 4.79 Å². The SMILES string of the molecule is CC(=O)Oc1cccc(C(=O)NCCCCN(Cc2ccc(OCC(=O)NC(C(=O)NC3C(=O)N4C3SC(C)(C)C4C(=O)O)c3ccccc3)cc2)C(=O)c2cccc(OC(C)=O)c2OC(C)=O)c1OC(C)=O. The van der Waals surface area contributed by atoms with Gasteiger partial charge < -0.3 is 54.5 Å². The number of nitrogens with one attached hydrogen (secondary N) is 3. The smallest absolute Gasteiger partial charge is 0.327 e. The van der Waals surface area contributed by atoms with Gasteiger partial charge in [-0.1, -0.05) is 54.6 Å². The van der Waals surface area contributed by atoms with Gasteiger partial charge in [-0.3, -0.25) is 43.2 Å². The highest BCUT2D eigenvalue weighted by molar-refractivity contribution is 8.01. The highest BCUT2D eigenvalue weighted by atomic mass is 32.2. The lowest BCUT2D eigenvalue weighted by atomic mass is 9.95. The number of fused-ring (bicyclic) bond motifs is 1. The molecular formula is C51H53N5O16S. The topological polar surface area (TPSA) is 280 Å². The van der Waals surface area contributed by atoms with Crippen LogP contribution in [0.3, 0.4) is 0 Å². The summed E-state index contributed by atoms with van der Waals surface area (Å²) < 4.78 is 25.9. The van der Waals surface area contributed by atoms with Gasteiger partial charge in [-0.15, -0.1) is 11.8 Å². The molecular weight excluding hydrogens is 971 g/mol. The Morgan fingerprint density at radius 3 is 1.88 bits per heavy atom. The van der Waals surface area contributed by atoms with Crippen LogP contribution in [0.25, 0.3) is 0 Å². The zero-order valence-corrected chi connectivity index (χ0v) is 41.4. The largest absolute Gasteiger partial charge is 0.484 e. The molecule has 0 radical (unpaired) electrons. The van der Waals surface area contributed by atoms with E-state index in [2.05, 4.69) is 16.0 Å². The summed E-state index contributed by atoms with van der Waals surface area (Å²) in [6.45, 7) is 7.65. The second kappa shape index (κ2) is 23.8. The fourth-order valence-electron chi connectivity index (χ4n) is 8.09. The lowest BCUT2D eigenvalue weighted by Gasteiger charge is -2.44. The number of esters is 4. The Labute approximate surface area is 423 Å². The van der Waals surface area contributed by atoms with E-state index in [4.69, 9.17) is 23.7 Å². The number of β-lactam (4-membered cyclic amide) rings is 1. The molecule has 384 valence electrons. The number of nitrogens with zero attached hydrogens (tertiary/aromatic N) is 2. The summed E-state index contributed by atoms with van der Waals surface area (Å²) in [7, 11) is 0. The van der Waals surface area contributed by atoms with Crippen molar-refractivity contribution in [2.24, 2.45) is 0 Å². The number of ether oxygens (including phenoxy) is 5. The average Bonchev–Trinajstić information content (AvgIpc) is 3.59. The van der Waals surface area contributed by atoms with Gasteiger partial charge in [0.25, 0.3) is 17.7 Å². The number of carboxylic acids is 1. The number of hydrogen-bond acceptors (Lipinski definition) is 16. The number of carboxylic acid groups (broad SMARTS) is 1. The van der Waals surface area contributed by atoms with Crippen LogP contribution in [0.5, 0.6) is 28.7 Å². The van der Waals surface area contributed by atoms with E-state index in [1.807, 2.05) is 0 Å². The number of amides is 5. The summed E-state index contributed by atoms with van der Waals surface area (Å²) in [5.41, 5.74) is 0.868. The van der Waals surface area contributed by atoms with E-state index in [1.54, 1.807) is 68.4 Å². The van der Waals surface area contributed by atoms with Crippen molar-refractivity contribution in [3.63, 3.8) is 0 Å². The fourth-order valence-corrected chi connectivity index (χ4v) is 9.71. The molecule has 4 N–H and O–H groups in total. The van der Waals surface area contributed by atoms with Crippen molar-refractivity contribution < 1.29 is 76.7 Å². The number of aliphatic carboxylic acids is 1. The van der Waals surface area contributed by atoms with Crippen LogP contribution >= 0.6 is 11.8 Å². The highest BCUT2D eigenvalue weighted by Crippen LogP contribution is 2.51. The van der Waals surface area contributed by atoms with E-state index >= 15 is 0 Å². The standard InChI is InChI=1S/C51H53N5O16S/c1-28(57)69-37-18-12-16-35(42(37)71-30(3)59)45(62)52-24-10-11-25-55(47(64)36-17-13-19-38(70-29(2)58)43(36)72-31(4)60)26-32-20-22-34(23-21-32)68-27-39(61)53-40(33-14-8-7-9-15-33)46(63)54-41-48(65)56-44(50(66)67)51(5,6)73-49(41)56/h7-9,12-23,40-41,44,49H,10-11,24-27H2,1-6H3,(H,52,62)(H,53,61)(H,54,63)(H,66,67). The minimum Gasteiger partial charge on any atom is -0.484 e. The molecule has 4 aromatic rings. The predicted octanol–water partition coefficient (Wildman–Crippen LogP) is 4.11. The molecule has 4 aromatic carbocycles. The average molecular weight is 1020 g/mol. The van der Waals surface area contributed by atoms with Gasteiger partial charge in [0.05, 0.1) is 11.1 Å². The number of unbranched alkanes of at least 4 members (excludes halogenated alkanes) is 1. The molecule has 0 spiro atoms. The number of thioether (sulfide) groups is 1. The highest BCUT2D eigenvalue weighted by Gasteiger charge is 2.64.